The number of nitrogens with zero attached hydrogens (tertiary/aromatic N) is 2. The van der Waals surface area contributed by atoms with Crippen LogP contribution in [0.25, 0.3) is 0 Å². The molecule has 322 valence electrons. The second kappa shape index (κ2) is 21.8. The van der Waals surface area contributed by atoms with Crippen molar-refractivity contribution in [2.75, 3.05) is 83.6 Å². The zero-order valence-electron chi connectivity index (χ0n) is 35.3. The van der Waals surface area contributed by atoms with Gasteiger partial charge in [-0.25, -0.2) is 9.59 Å². The van der Waals surface area contributed by atoms with Gasteiger partial charge in [-0.3, -0.25) is 9.79 Å². The molecule has 0 radical (unpaired) electrons. The van der Waals surface area contributed by atoms with Gasteiger partial charge >= 0.3 is 11.9 Å². The van der Waals surface area contributed by atoms with Crippen LogP contribution in [-0.2, 0) is 33.6 Å². The molecule has 0 spiro atoms. The van der Waals surface area contributed by atoms with Crippen LogP contribution in [0, 0.1) is 0 Å². The van der Waals surface area contributed by atoms with Crippen molar-refractivity contribution in [3.05, 3.63) is 88.5 Å². The van der Waals surface area contributed by atoms with Gasteiger partial charge in [-0.1, -0.05) is 24.3 Å². The van der Waals surface area contributed by atoms with E-state index in [-0.39, 0.29) is 5.91 Å². The fourth-order valence-corrected chi connectivity index (χ4v) is 6.95. The molecule has 5 rings (SSSR count). The van der Waals surface area contributed by atoms with Gasteiger partial charge in [-0.05, 0) is 66.8 Å². The third-order valence-electron chi connectivity index (χ3n) is 9.89. The minimum atomic E-state index is -1.82. The number of fused-ring (bicyclic) bond motifs is 1. The number of hydrogen-bond acceptors (Lipinski definition) is 13. The van der Waals surface area contributed by atoms with Crippen molar-refractivity contribution < 1.29 is 67.2 Å². The van der Waals surface area contributed by atoms with E-state index in [1.165, 1.54) is 0 Å². The number of carbonyl (C=O) groups excluding carboxylic acids is 1. The summed E-state index contributed by atoms with van der Waals surface area (Å²) < 4.78 is 50.9. The van der Waals surface area contributed by atoms with Crippen molar-refractivity contribution in [3.8, 4) is 51.7 Å². The Morgan fingerprint density at radius 2 is 1.05 bits per heavy atom. The summed E-state index contributed by atoms with van der Waals surface area (Å²) in [6.07, 6.45) is 1.62. The fraction of sp³-hybridized carbons (Fsp3) is 0.364. The van der Waals surface area contributed by atoms with Gasteiger partial charge in [0.15, 0.2) is 34.5 Å². The molecule has 1 heterocycles. The lowest BCUT2D eigenvalue weighted by Crippen LogP contribution is -2.41. The first-order chi connectivity index (χ1) is 28.9. The molecule has 0 saturated carbocycles. The van der Waals surface area contributed by atoms with Crippen LogP contribution < -0.4 is 42.6 Å². The van der Waals surface area contributed by atoms with Crippen LogP contribution in [0.5, 0.6) is 51.7 Å². The molecule has 0 fully saturated rings. The molecule has 1 aliphatic heterocycles. The predicted octanol–water partition coefficient (Wildman–Crippen LogP) is 5.36. The van der Waals surface area contributed by atoms with Gasteiger partial charge in [-0.2, -0.15) is 0 Å². The maximum atomic E-state index is 15.4. The van der Waals surface area contributed by atoms with Crippen molar-refractivity contribution in [3.63, 3.8) is 0 Å². The van der Waals surface area contributed by atoms with Crippen LogP contribution in [0.2, 0.25) is 0 Å². The van der Waals surface area contributed by atoms with E-state index in [2.05, 4.69) is 0 Å². The monoisotopic (exact) mass is 832 g/mol. The maximum absolute atomic E-state index is 15.4. The van der Waals surface area contributed by atoms with Gasteiger partial charge < -0.3 is 57.7 Å². The summed E-state index contributed by atoms with van der Waals surface area (Å²) in [5.41, 5.74) is 5.02. The smallest absolute Gasteiger partial charge is 0.414 e. The van der Waals surface area contributed by atoms with Gasteiger partial charge in [0, 0.05) is 36.3 Å². The highest BCUT2D eigenvalue weighted by Crippen LogP contribution is 2.42. The molecule has 0 aliphatic carbocycles. The molecule has 1 atom stereocenters. The fourth-order valence-electron chi connectivity index (χ4n) is 6.95. The number of amides is 1. The van der Waals surface area contributed by atoms with E-state index in [0.717, 1.165) is 27.8 Å². The molecular weight excluding hydrogens is 780 g/mol. The van der Waals surface area contributed by atoms with Crippen LogP contribution in [0.3, 0.4) is 0 Å². The van der Waals surface area contributed by atoms with Gasteiger partial charge in [0.05, 0.1) is 69.7 Å². The molecule has 4 aromatic carbocycles. The zero-order chi connectivity index (χ0) is 43.9. The number of hydrogen-bond donors (Lipinski definition) is 2. The Balaban J connectivity index is 0.00000123. The molecule has 16 nitrogen and oxygen atoms in total. The Morgan fingerprint density at radius 1 is 0.583 bits per heavy atom. The zero-order valence-corrected chi connectivity index (χ0v) is 35.3. The molecule has 16 heteroatoms. The third-order valence-corrected chi connectivity index (χ3v) is 9.89. The van der Waals surface area contributed by atoms with Gasteiger partial charge in [0.2, 0.25) is 17.4 Å². The molecular formula is C44H52N2O14. The van der Waals surface area contributed by atoms with Crippen molar-refractivity contribution in [2.45, 2.75) is 25.2 Å². The number of carboxylic acids is 2. The molecule has 0 bridgehead atoms. The summed E-state index contributed by atoms with van der Waals surface area (Å²) in [5.74, 6) is 0.494. The topological polar surface area (TPSA) is 190 Å². The van der Waals surface area contributed by atoms with E-state index < -0.39 is 17.9 Å². The Hall–Kier alpha value is -6.84. The number of benzene rings is 4. The summed E-state index contributed by atoms with van der Waals surface area (Å²) in [7, 11) is 14.3. The molecule has 4 aromatic rings. The van der Waals surface area contributed by atoms with Crippen molar-refractivity contribution in [1.29, 1.82) is 0 Å². The van der Waals surface area contributed by atoms with Crippen LogP contribution in [0.4, 0.5) is 0 Å². The highest BCUT2D eigenvalue weighted by Gasteiger charge is 2.35. The highest BCUT2D eigenvalue weighted by molar-refractivity contribution is 6.27. The van der Waals surface area contributed by atoms with E-state index in [9.17, 15) is 0 Å². The average molecular weight is 833 g/mol. The lowest BCUT2D eigenvalue weighted by molar-refractivity contribution is -0.159. The summed E-state index contributed by atoms with van der Waals surface area (Å²) >= 11 is 0. The Labute approximate surface area is 349 Å². The van der Waals surface area contributed by atoms with Crippen LogP contribution in [-0.4, -0.2) is 122 Å². The molecule has 0 aromatic heterocycles. The molecule has 2 N–H and O–H groups in total. The van der Waals surface area contributed by atoms with Crippen LogP contribution >= 0.6 is 0 Å². The van der Waals surface area contributed by atoms with Crippen LogP contribution in [0.15, 0.2) is 65.7 Å². The SMILES string of the molecule is COc1ccc([C@@H](C(=O)N(CCc2ccc(OC)c(OC)c2OC)CCc2ccc(OC)c(OC)c2OC)C2=NCCc3cc(OC)c(OC)cc32)cc1.O=C(O)C(=O)O. The molecule has 60 heavy (non-hydrogen) atoms. The minimum Gasteiger partial charge on any atom is -0.497 e. The summed E-state index contributed by atoms with van der Waals surface area (Å²) in [6.45, 7) is 1.21. The van der Waals surface area contributed by atoms with E-state index >= 15 is 4.79 Å². The third kappa shape index (κ3) is 10.4. The standard InChI is InChI=1S/C42H50N2O10.C2H2O4/c1-46-30-14-10-26(11-15-30)36(37-31-25-35(50-5)34(49-4)24-29(31)18-21-43-37)42(45)44(22-19-27-12-16-32(47-2)40(53-8)38(27)51-6)23-20-28-13-17-33(48-3)41(54-9)39(28)52-7;3-1(4)2(5)6/h10-17,24-25,36H,18-23H2,1-9H3;(H,3,4)(H,5,6)/t36-;/m1./s1. The second-order valence-corrected chi connectivity index (χ2v) is 13.0. The second-order valence-electron chi connectivity index (χ2n) is 13.0. The number of aliphatic imine (C=N–C) groups is 1. The minimum absolute atomic E-state index is 0.125. The van der Waals surface area contributed by atoms with Crippen molar-refractivity contribution in [2.24, 2.45) is 4.99 Å². The maximum Gasteiger partial charge on any atom is 0.414 e. The highest BCUT2D eigenvalue weighted by atomic mass is 16.5. The Morgan fingerprint density at radius 3 is 1.47 bits per heavy atom. The first-order valence-electron chi connectivity index (χ1n) is 18.7. The summed E-state index contributed by atoms with van der Waals surface area (Å²) in [6, 6.07) is 19.0. The van der Waals surface area contributed by atoms with Crippen molar-refractivity contribution >= 4 is 23.6 Å². The van der Waals surface area contributed by atoms with E-state index in [4.69, 9.17) is 67.4 Å². The lowest BCUT2D eigenvalue weighted by Gasteiger charge is -2.31. The molecule has 1 aliphatic rings. The normalized spacial score (nSPS) is 11.9. The first kappa shape index (κ1) is 45.9. The Kier molecular flexibility index (Phi) is 16.7. The molecule has 0 unspecified atom stereocenters. The number of carbonyl (C=O) groups is 3. The van der Waals surface area contributed by atoms with Crippen LogP contribution in [0.1, 0.15) is 33.7 Å². The van der Waals surface area contributed by atoms with E-state index in [0.29, 0.717) is 96.4 Å². The van der Waals surface area contributed by atoms with E-state index in [1.54, 1.807) is 64.0 Å². The lowest BCUT2D eigenvalue weighted by atomic mass is 9.84. The van der Waals surface area contributed by atoms with Gasteiger partial charge in [0.1, 0.15) is 11.7 Å². The van der Waals surface area contributed by atoms with Crippen molar-refractivity contribution in [1.82, 2.24) is 4.90 Å². The number of rotatable bonds is 18. The quantitative estimate of drug-likeness (QED) is 0.122. The van der Waals surface area contributed by atoms with Gasteiger partial charge in [0.25, 0.3) is 0 Å². The summed E-state index contributed by atoms with van der Waals surface area (Å²) in [5, 5.41) is 14.8. The predicted molar refractivity (Wildman–Crippen MR) is 222 cm³/mol. The van der Waals surface area contributed by atoms with E-state index in [1.807, 2.05) is 65.6 Å². The molecule has 1 amide bonds. The number of carboxylic acid groups (broad SMARTS) is 2. The largest absolute Gasteiger partial charge is 0.497 e. The number of methoxy groups -OCH3 is 9. The Bertz CT molecular complexity index is 2070. The average Bonchev–Trinajstić information content (AvgIpc) is 3.28. The summed E-state index contributed by atoms with van der Waals surface area (Å²) in [4.78, 5) is 40.5. The number of ether oxygens (including phenoxy) is 9. The van der Waals surface area contributed by atoms with Gasteiger partial charge in [-0.15, -0.1) is 0 Å². The molecule has 0 saturated heterocycles. The number of aliphatic carboxylic acids is 2. The first-order valence-corrected chi connectivity index (χ1v) is 18.7.